The summed E-state index contributed by atoms with van der Waals surface area (Å²) in [4.78, 5) is 12.1. The van der Waals surface area contributed by atoms with E-state index in [1.54, 1.807) is 14.2 Å². The maximum atomic E-state index is 12.1. The molecule has 1 amide bonds. The molecule has 2 aromatic rings. The summed E-state index contributed by atoms with van der Waals surface area (Å²) in [7, 11) is 3.18. The Bertz CT molecular complexity index is 683. The third-order valence-corrected chi connectivity index (χ3v) is 3.96. The maximum absolute atomic E-state index is 12.1. The molecule has 0 saturated heterocycles. The van der Waals surface area contributed by atoms with E-state index < -0.39 is 0 Å². The number of ether oxygens (including phenoxy) is 2. The van der Waals surface area contributed by atoms with Gasteiger partial charge in [-0.3, -0.25) is 4.79 Å². The number of aryl methyl sites for hydroxylation is 1. The Morgan fingerprint density at radius 3 is 2.67 bits per heavy atom. The molecule has 7 heteroatoms. The van der Waals surface area contributed by atoms with E-state index in [9.17, 15) is 4.79 Å². The van der Waals surface area contributed by atoms with Crippen LogP contribution >= 0.6 is 12.4 Å². The Balaban J connectivity index is 0.00000288. The van der Waals surface area contributed by atoms with Crippen molar-refractivity contribution in [2.24, 2.45) is 5.73 Å². The SMILES string of the molecule is COc1ccc2oc(C(C)NC(=O)CC(CN)OC)c(C)c2c1.Cl. The number of amides is 1. The topological polar surface area (TPSA) is 86.7 Å². The van der Waals surface area contributed by atoms with Gasteiger partial charge < -0.3 is 24.9 Å². The lowest BCUT2D eigenvalue weighted by Gasteiger charge is -2.16. The molecule has 24 heavy (non-hydrogen) atoms. The molecule has 0 bridgehead atoms. The number of furan rings is 1. The fourth-order valence-electron chi connectivity index (χ4n) is 2.59. The highest BCUT2D eigenvalue weighted by Gasteiger charge is 2.20. The molecule has 2 rings (SSSR count). The Labute approximate surface area is 148 Å². The van der Waals surface area contributed by atoms with Crippen LogP contribution in [0.2, 0.25) is 0 Å². The number of halogens is 1. The number of methoxy groups -OCH3 is 2. The number of hydrogen-bond acceptors (Lipinski definition) is 5. The zero-order valence-corrected chi connectivity index (χ0v) is 15.2. The lowest BCUT2D eigenvalue weighted by molar-refractivity contribution is -0.124. The lowest BCUT2D eigenvalue weighted by atomic mass is 10.1. The number of hydrogen-bond donors (Lipinski definition) is 2. The van der Waals surface area contributed by atoms with Gasteiger partial charge in [0, 0.05) is 24.6 Å². The first-order chi connectivity index (χ1) is 11.0. The summed E-state index contributed by atoms with van der Waals surface area (Å²) in [5.74, 6) is 1.39. The second kappa shape index (κ2) is 8.92. The van der Waals surface area contributed by atoms with Crippen molar-refractivity contribution in [2.75, 3.05) is 20.8 Å². The van der Waals surface area contributed by atoms with Gasteiger partial charge in [-0.2, -0.15) is 0 Å². The van der Waals surface area contributed by atoms with Crippen LogP contribution in [0.1, 0.15) is 30.7 Å². The third-order valence-electron chi connectivity index (χ3n) is 3.96. The Morgan fingerprint density at radius 2 is 2.08 bits per heavy atom. The van der Waals surface area contributed by atoms with Crippen LogP contribution in [0, 0.1) is 6.92 Å². The largest absolute Gasteiger partial charge is 0.497 e. The van der Waals surface area contributed by atoms with E-state index in [4.69, 9.17) is 19.6 Å². The number of nitrogens with two attached hydrogens (primary N) is 1. The number of carbonyl (C=O) groups excluding carboxylic acids is 1. The first-order valence-electron chi connectivity index (χ1n) is 7.59. The molecule has 1 aromatic carbocycles. The summed E-state index contributed by atoms with van der Waals surface area (Å²) in [6, 6.07) is 5.41. The number of rotatable bonds is 7. The first-order valence-corrected chi connectivity index (χ1v) is 7.59. The molecule has 134 valence electrons. The van der Waals surface area contributed by atoms with Gasteiger partial charge in [0.2, 0.25) is 5.91 Å². The van der Waals surface area contributed by atoms with Gasteiger partial charge in [-0.05, 0) is 32.0 Å². The molecule has 1 heterocycles. The zero-order valence-electron chi connectivity index (χ0n) is 14.4. The molecule has 0 aliphatic carbocycles. The van der Waals surface area contributed by atoms with Crippen molar-refractivity contribution >= 4 is 29.3 Å². The highest BCUT2D eigenvalue weighted by atomic mass is 35.5. The van der Waals surface area contributed by atoms with E-state index >= 15 is 0 Å². The summed E-state index contributed by atoms with van der Waals surface area (Å²) in [6.07, 6.45) is -0.0482. The van der Waals surface area contributed by atoms with Gasteiger partial charge in [0.15, 0.2) is 0 Å². The Kier molecular flexibility index (Phi) is 7.54. The normalized spacial score (nSPS) is 13.2. The van der Waals surface area contributed by atoms with E-state index in [0.717, 1.165) is 28.0 Å². The molecule has 2 atom stereocenters. The molecule has 0 saturated carbocycles. The molecule has 2 unspecified atom stereocenters. The highest BCUT2D eigenvalue weighted by molar-refractivity contribution is 5.85. The van der Waals surface area contributed by atoms with Gasteiger partial charge in [0.1, 0.15) is 17.1 Å². The van der Waals surface area contributed by atoms with Crippen molar-refractivity contribution in [3.63, 3.8) is 0 Å². The molecule has 0 radical (unpaired) electrons. The summed E-state index contributed by atoms with van der Waals surface area (Å²) in [5, 5.41) is 3.91. The van der Waals surface area contributed by atoms with Gasteiger partial charge in [-0.25, -0.2) is 0 Å². The maximum Gasteiger partial charge on any atom is 0.223 e. The van der Waals surface area contributed by atoms with Crippen LogP contribution in [0.25, 0.3) is 11.0 Å². The summed E-state index contributed by atoms with van der Waals surface area (Å²) in [6.45, 7) is 4.17. The van der Waals surface area contributed by atoms with Crippen molar-refractivity contribution < 1.29 is 18.7 Å². The number of nitrogens with one attached hydrogen (secondary N) is 1. The van der Waals surface area contributed by atoms with Crippen molar-refractivity contribution in [1.29, 1.82) is 0 Å². The zero-order chi connectivity index (χ0) is 17.0. The van der Waals surface area contributed by atoms with Crippen molar-refractivity contribution in [3.05, 3.63) is 29.5 Å². The van der Waals surface area contributed by atoms with Crippen LogP contribution in [0.15, 0.2) is 22.6 Å². The van der Waals surface area contributed by atoms with Gasteiger partial charge in [-0.15, -0.1) is 12.4 Å². The molecule has 0 aliphatic heterocycles. The van der Waals surface area contributed by atoms with Gasteiger partial charge >= 0.3 is 0 Å². The minimum absolute atomic E-state index is 0. The second-order valence-electron chi connectivity index (χ2n) is 5.54. The quantitative estimate of drug-likeness (QED) is 0.796. The highest BCUT2D eigenvalue weighted by Crippen LogP contribution is 2.31. The van der Waals surface area contributed by atoms with Crippen LogP contribution in [0.3, 0.4) is 0 Å². The van der Waals surface area contributed by atoms with Crippen LogP contribution in [-0.4, -0.2) is 32.8 Å². The van der Waals surface area contributed by atoms with Crippen LogP contribution in [-0.2, 0) is 9.53 Å². The fourth-order valence-corrected chi connectivity index (χ4v) is 2.59. The summed E-state index contributed by atoms with van der Waals surface area (Å²) in [5.41, 5.74) is 7.31. The molecule has 0 fully saturated rings. The van der Waals surface area contributed by atoms with Gasteiger partial charge in [-0.1, -0.05) is 0 Å². The summed E-state index contributed by atoms with van der Waals surface area (Å²) < 4.78 is 16.3. The number of carbonyl (C=O) groups is 1. The Hall–Kier alpha value is -1.76. The molecule has 1 aromatic heterocycles. The molecular weight excluding hydrogens is 332 g/mol. The number of benzene rings is 1. The standard InChI is InChI=1S/C17H24N2O4.ClH/c1-10-14-7-12(21-3)5-6-15(14)23-17(10)11(2)19-16(20)8-13(9-18)22-4;/h5-7,11,13H,8-9,18H2,1-4H3,(H,19,20);1H. The first kappa shape index (κ1) is 20.3. The van der Waals surface area contributed by atoms with E-state index in [2.05, 4.69) is 5.32 Å². The van der Waals surface area contributed by atoms with Crippen molar-refractivity contribution in [1.82, 2.24) is 5.32 Å². The predicted molar refractivity (Wildman–Crippen MR) is 95.8 cm³/mol. The minimum Gasteiger partial charge on any atom is -0.497 e. The molecule has 3 N–H and O–H groups in total. The lowest BCUT2D eigenvalue weighted by Crippen LogP contribution is -2.33. The second-order valence-corrected chi connectivity index (χ2v) is 5.54. The van der Waals surface area contributed by atoms with Crippen LogP contribution < -0.4 is 15.8 Å². The third kappa shape index (κ3) is 4.41. The predicted octanol–water partition coefficient (Wildman–Crippen LogP) is 2.71. The van der Waals surface area contributed by atoms with Gasteiger partial charge in [0.05, 0.1) is 25.7 Å². The van der Waals surface area contributed by atoms with Gasteiger partial charge in [0.25, 0.3) is 0 Å². The Morgan fingerprint density at radius 1 is 1.38 bits per heavy atom. The fraction of sp³-hybridized carbons (Fsp3) is 0.471. The van der Waals surface area contributed by atoms with Crippen molar-refractivity contribution in [3.8, 4) is 5.75 Å². The smallest absolute Gasteiger partial charge is 0.223 e. The van der Waals surface area contributed by atoms with E-state index in [1.165, 1.54) is 0 Å². The van der Waals surface area contributed by atoms with Crippen LogP contribution in [0.5, 0.6) is 5.75 Å². The van der Waals surface area contributed by atoms with E-state index in [1.807, 2.05) is 32.0 Å². The van der Waals surface area contributed by atoms with E-state index in [-0.39, 0.29) is 36.9 Å². The molecule has 6 nitrogen and oxygen atoms in total. The monoisotopic (exact) mass is 356 g/mol. The van der Waals surface area contributed by atoms with Crippen LogP contribution in [0.4, 0.5) is 0 Å². The average molecular weight is 357 g/mol. The van der Waals surface area contributed by atoms with E-state index in [0.29, 0.717) is 6.54 Å². The molecule has 0 spiro atoms. The molecular formula is C17H25ClN2O4. The minimum atomic E-state index is -0.275. The number of fused-ring (bicyclic) bond motifs is 1. The van der Waals surface area contributed by atoms with Crippen molar-refractivity contribution in [2.45, 2.75) is 32.4 Å². The molecule has 0 aliphatic rings. The average Bonchev–Trinajstić information content (AvgIpc) is 2.89. The summed E-state index contributed by atoms with van der Waals surface area (Å²) >= 11 is 0.